The fraction of sp³-hybridized carbons (Fsp3) is 0.500. The van der Waals surface area contributed by atoms with E-state index in [9.17, 15) is 9.59 Å². The van der Waals surface area contributed by atoms with E-state index in [1.807, 2.05) is 19.9 Å². The second-order valence-corrected chi connectivity index (χ2v) is 5.26. The zero-order valence-corrected chi connectivity index (χ0v) is 14.6. The van der Waals surface area contributed by atoms with E-state index in [0.29, 0.717) is 12.1 Å². The Bertz CT molecular complexity index is 511. The molecule has 0 bridgehead atoms. The van der Waals surface area contributed by atoms with Gasteiger partial charge in [-0.05, 0) is 31.0 Å². The van der Waals surface area contributed by atoms with Gasteiger partial charge in [-0.3, -0.25) is 9.59 Å². The third kappa shape index (κ3) is 7.45. The number of benzene rings is 1. The summed E-state index contributed by atoms with van der Waals surface area (Å²) in [6.07, 6.45) is 0.874. The number of hydrogen-bond acceptors (Lipinski definition) is 4. The highest BCUT2D eigenvalue weighted by Gasteiger charge is 2.13. The lowest BCUT2D eigenvalue weighted by Crippen LogP contribution is -2.43. The minimum atomic E-state index is -0.693. The monoisotopic (exact) mass is 343 g/mol. The molecule has 2 amide bonds. The molecule has 2 unspecified atom stereocenters. The summed E-state index contributed by atoms with van der Waals surface area (Å²) >= 11 is 0. The van der Waals surface area contributed by atoms with Gasteiger partial charge in [0.15, 0.2) is 0 Å². The molecule has 7 heteroatoms. The maximum Gasteiger partial charge on any atom is 0.251 e. The first-order valence-electron chi connectivity index (χ1n) is 7.40. The number of methoxy groups -OCH3 is 1. The highest BCUT2D eigenvalue weighted by Crippen LogP contribution is 2.06. The molecular formula is C16H26ClN3O3. The topological polar surface area (TPSA) is 93.5 Å². The normalized spacial score (nSPS) is 12.7. The molecule has 0 fully saturated rings. The van der Waals surface area contributed by atoms with Crippen LogP contribution in [0.2, 0.25) is 0 Å². The average Bonchev–Trinajstić information content (AvgIpc) is 2.52. The summed E-state index contributed by atoms with van der Waals surface area (Å²) in [5.74, 6) is -0.394. The van der Waals surface area contributed by atoms with Gasteiger partial charge in [-0.25, -0.2) is 0 Å². The fourth-order valence-corrected chi connectivity index (χ4v) is 1.81. The summed E-state index contributed by atoms with van der Waals surface area (Å²) in [5.41, 5.74) is 7.06. The van der Waals surface area contributed by atoms with Crippen LogP contribution in [0, 0.1) is 0 Å². The fourth-order valence-electron chi connectivity index (χ4n) is 1.81. The van der Waals surface area contributed by atoms with Crippen LogP contribution in [0.5, 0.6) is 0 Å². The Morgan fingerprint density at radius 3 is 2.65 bits per heavy atom. The molecule has 4 N–H and O–H groups in total. The van der Waals surface area contributed by atoms with Crippen molar-refractivity contribution < 1.29 is 14.3 Å². The molecule has 0 radical (unpaired) electrons. The van der Waals surface area contributed by atoms with E-state index in [1.165, 1.54) is 7.11 Å². The van der Waals surface area contributed by atoms with Crippen LogP contribution in [-0.4, -0.2) is 37.6 Å². The third-order valence-electron chi connectivity index (χ3n) is 3.33. The SMILES string of the molecule is CCC(C)NC(=O)c1cccc(CNC(=O)C(N)COC)c1.Cl. The molecule has 1 aromatic carbocycles. The molecule has 0 heterocycles. The van der Waals surface area contributed by atoms with Crippen molar-refractivity contribution >= 4 is 24.2 Å². The van der Waals surface area contributed by atoms with E-state index in [2.05, 4.69) is 10.6 Å². The zero-order valence-electron chi connectivity index (χ0n) is 13.8. The van der Waals surface area contributed by atoms with Crippen LogP contribution in [0.1, 0.15) is 36.2 Å². The molecule has 0 aromatic heterocycles. The van der Waals surface area contributed by atoms with Crippen molar-refractivity contribution in [2.24, 2.45) is 5.73 Å². The standard InChI is InChI=1S/C16H25N3O3.ClH/c1-4-11(2)19-15(20)13-7-5-6-12(8-13)9-18-16(21)14(17)10-22-3;/h5-8,11,14H,4,9-10,17H2,1-3H3,(H,18,21)(H,19,20);1H. The van der Waals surface area contributed by atoms with Crippen LogP contribution in [0.3, 0.4) is 0 Å². The van der Waals surface area contributed by atoms with Gasteiger partial charge in [0.1, 0.15) is 6.04 Å². The Balaban J connectivity index is 0.00000484. The Hall–Kier alpha value is -1.63. The van der Waals surface area contributed by atoms with Crippen LogP contribution < -0.4 is 16.4 Å². The van der Waals surface area contributed by atoms with Gasteiger partial charge in [0.25, 0.3) is 5.91 Å². The van der Waals surface area contributed by atoms with E-state index in [0.717, 1.165) is 12.0 Å². The van der Waals surface area contributed by atoms with Gasteiger partial charge < -0.3 is 21.1 Å². The van der Waals surface area contributed by atoms with Crippen molar-refractivity contribution in [1.82, 2.24) is 10.6 Å². The molecule has 6 nitrogen and oxygen atoms in total. The van der Waals surface area contributed by atoms with Crippen molar-refractivity contribution in [1.29, 1.82) is 0 Å². The molecule has 1 aromatic rings. The van der Waals surface area contributed by atoms with E-state index >= 15 is 0 Å². The first-order chi connectivity index (χ1) is 10.5. The highest BCUT2D eigenvalue weighted by molar-refractivity contribution is 5.94. The summed E-state index contributed by atoms with van der Waals surface area (Å²) < 4.78 is 4.84. The van der Waals surface area contributed by atoms with Gasteiger partial charge >= 0.3 is 0 Å². The lowest BCUT2D eigenvalue weighted by Gasteiger charge is -2.13. The summed E-state index contributed by atoms with van der Waals surface area (Å²) in [6, 6.07) is 6.59. The lowest BCUT2D eigenvalue weighted by atomic mass is 10.1. The van der Waals surface area contributed by atoms with Gasteiger partial charge in [-0.2, -0.15) is 0 Å². The molecule has 130 valence electrons. The first-order valence-corrected chi connectivity index (χ1v) is 7.40. The number of nitrogens with one attached hydrogen (secondary N) is 2. The van der Waals surface area contributed by atoms with Crippen molar-refractivity contribution in [3.8, 4) is 0 Å². The Morgan fingerprint density at radius 2 is 2.04 bits per heavy atom. The number of amides is 2. The Morgan fingerprint density at radius 1 is 1.35 bits per heavy atom. The van der Waals surface area contributed by atoms with Gasteiger partial charge in [0.05, 0.1) is 6.61 Å². The van der Waals surface area contributed by atoms with E-state index in [4.69, 9.17) is 10.5 Å². The van der Waals surface area contributed by atoms with Crippen LogP contribution in [0.4, 0.5) is 0 Å². The van der Waals surface area contributed by atoms with Gasteiger partial charge in [-0.1, -0.05) is 19.1 Å². The molecule has 23 heavy (non-hydrogen) atoms. The third-order valence-corrected chi connectivity index (χ3v) is 3.33. The Kier molecular flexibility index (Phi) is 10.2. The van der Waals surface area contributed by atoms with E-state index < -0.39 is 6.04 Å². The minimum absolute atomic E-state index is 0. The molecule has 0 aliphatic heterocycles. The maximum atomic E-state index is 12.1. The quantitative estimate of drug-likeness (QED) is 0.661. The summed E-state index contributed by atoms with van der Waals surface area (Å²) in [6.45, 7) is 4.46. The molecule has 1 rings (SSSR count). The summed E-state index contributed by atoms with van der Waals surface area (Å²) in [5, 5.41) is 5.64. The average molecular weight is 344 g/mol. The van der Waals surface area contributed by atoms with E-state index in [-0.39, 0.29) is 36.9 Å². The van der Waals surface area contributed by atoms with Gasteiger partial charge in [0, 0.05) is 25.3 Å². The summed E-state index contributed by atoms with van der Waals surface area (Å²) in [4.78, 5) is 23.8. The zero-order chi connectivity index (χ0) is 16.5. The molecule has 0 saturated heterocycles. The van der Waals surface area contributed by atoms with Crippen molar-refractivity contribution in [2.75, 3.05) is 13.7 Å². The van der Waals surface area contributed by atoms with Crippen molar-refractivity contribution in [2.45, 2.75) is 38.9 Å². The minimum Gasteiger partial charge on any atom is -0.383 e. The van der Waals surface area contributed by atoms with Crippen LogP contribution in [0.15, 0.2) is 24.3 Å². The van der Waals surface area contributed by atoms with Crippen LogP contribution in [0.25, 0.3) is 0 Å². The van der Waals surface area contributed by atoms with Crippen LogP contribution >= 0.6 is 12.4 Å². The highest BCUT2D eigenvalue weighted by atomic mass is 35.5. The number of carbonyl (C=O) groups is 2. The first kappa shape index (κ1) is 21.4. The second-order valence-electron chi connectivity index (χ2n) is 5.26. The van der Waals surface area contributed by atoms with Gasteiger partial charge in [0.2, 0.25) is 5.91 Å². The molecule has 0 saturated carbocycles. The van der Waals surface area contributed by atoms with E-state index in [1.54, 1.807) is 18.2 Å². The molecular weight excluding hydrogens is 318 g/mol. The largest absolute Gasteiger partial charge is 0.383 e. The number of nitrogens with two attached hydrogens (primary N) is 1. The van der Waals surface area contributed by atoms with Crippen molar-refractivity contribution in [3.05, 3.63) is 35.4 Å². The summed E-state index contributed by atoms with van der Waals surface area (Å²) in [7, 11) is 1.49. The number of ether oxygens (including phenoxy) is 1. The predicted octanol–water partition coefficient (Wildman–Crippen LogP) is 1.23. The van der Waals surface area contributed by atoms with Gasteiger partial charge in [-0.15, -0.1) is 12.4 Å². The number of hydrogen-bond donors (Lipinski definition) is 3. The van der Waals surface area contributed by atoms with Crippen LogP contribution in [-0.2, 0) is 16.1 Å². The number of carbonyl (C=O) groups excluding carboxylic acids is 2. The lowest BCUT2D eigenvalue weighted by molar-refractivity contribution is -0.123. The molecule has 2 atom stereocenters. The Labute approximate surface area is 143 Å². The molecule has 0 aliphatic carbocycles. The molecule has 0 aliphatic rings. The maximum absolute atomic E-state index is 12.1. The number of rotatable bonds is 8. The molecule has 0 spiro atoms. The van der Waals surface area contributed by atoms with Crippen molar-refractivity contribution in [3.63, 3.8) is 0 Å². The predicted molar refractivity (Wildman–Crippen MR) is 92.6 cm³/mol. The number of halogens is 1. The smallest absolute Gasteiger partial charge is 0.251 e. The second kappa shape index (κ2) is 11.0.